The van der Waals surface area contributed by atoms with Gasteiger partial charge in [-0.3, -0.25) is 4.79 Å². The summed E-state index contributed by atoms with van der Waals surface area (Å²) in [6.45, 7) is 2.19. The predicted molar refractivity (Wildman–Crippen MR) is 71.2 cm³/mol. The lowest BCUT2D eigenvalue weighted by molar-refractivity contribution is 0.0894. The third kappa shape index (κ3) is 4.26. The third-order valence-electron chi connectivity index (χ3n) is 2.70. The summed E-state index contributed by atoms with van der Waals surface area (Å²) in [5, 5.41) is 7.54. The van der Waals surface area contributed by atoms with Crippen molar-refractivity contribution in [2.24, 2.45) is 5.14 Å². The number of halogens is 1. The second-order valence-corrected chi connectivity index (χ2v) is 5.75. The van der Waals surface area contributed by atoms with Crippen molar-refractivity contribution in [1.82, 2.24) is 5.32 Å². The highest BCUT2D eigenvalue weighted by molar-refractivity contribution is 7.89. The Hall–Kier alpha value is -1.51. The number of ether oxygens (including phenoxy) is 1. The van der Waals surface area contributed by atoms with Crippen LogP contribution in [0.3, 0.4) is 0 Å². The molecule has 0 spiro atoms. The molecule has 3 N–H and O–H groups in total. The number of hydrogen-bond acceptors (Lipinski definition) is 4. The molecule has 0 aromatic heterocycles. The van der Waals surface area contributed by atoms with Crippen LogP contribution in [0, 0.1) is 5.82 Å². The Bertz CT molecular complexity index is 589. The van der Waals surface area contributed by atoms with E-state index >= 15 is 0 Å². The first-order valence-corrected chi connectivity index (χ1v) is 7.46. The molecule has 0 bridgehead atoms. The average Bonchev–Trinajstić information content (AvgIpc) is 2.37. The van der Waals surface area contributed by atoms with Crippen LogP contribution in [0.5, 0.6) is 0 Å². The van der Waals surface area contributed by atoms with Crippen LogP contribution in [0.2, 0.25) is 0 Å². The molecule has 1 atom stereocenters. The van der Waals surface area contributed by atoms with Gasteiger partial charge in [0.05, 0.1) is 12.6 Å². The molecule has 1 aromatic carbocycles. The molecule has 0 saturated carbocycles. The Labute approximate surface area is 117 Å². The van der Waals surface area contributed by atoms with Crippen LogP contribution in [0.4, 0.5) is 4.39 Å². The van der Waals surface area contributed by atoms with Gasteiger partial charge in [0.2, 0.25) is 10.0 Å². The van der Waals surface area contributed by atoms with E-state index in [0.29, 0.717) is 13.0 Å². The standard InChI is InChI=1S/C12H17FN2O4S/c1-3-9(7-19-2)15-12(16)8-4-5-10(13)11(6-8)20(14,17)18/h4-6,9H,3,7H2,1-2H3,(H,15,16)(H2,14,17,18). The van der Waals surface area contributed by atoms with Gasteiger partial charge < -0.3 is 10.1 Å². The molecular formula is C12H17FN2O4S. The Morgan fingerprint density at radius 2 is 2.15 bits per heavy atom. The molecule has 0 aliphatic heterocycles. The van der Waals surface area contributed by atoms with E-state index in [1.165, 1.54) is 13.2 Å². The molecule has 0 saturated heterocycles. The van der Waals surface area contributed by atoms with E-state index in [4.69, 9.17) is 9.88 Å². The lowest BCUT2D eigenvalue weighted by atomic mass is 10.1. The highest BCUT2D eigenvalue weighted by atomic mass is 32.2. The topological polar surface area (TPSA) is 98.5 Å². The Morgan fingerprint density at radius 1 is 1.50 bits per heavy atom. The van der Waals surface area contributed by atoms with Crippen LogP contribution in [0.15, 0.2) is 23.1 Å². The molecule has 0 aliphatic rings. The van der Waals surface area contributed by atoms with Crippen LogP contribution in [0.25, 0.3) is 0 Å². The fourth-order valence-electron chi connectivity index (χ4n) is 1.59. The molecule has 1 amide bonds. The first-order chi connectivity index (χ1) is 9.29. The van der Waals surface area contributed by atoms with Gasteiger partial charge in [0.1, 0.15) is 10.7 Å². The highest BCUT2D eigenvalue weighted by Gasteiger charge is 2.18. The number of amides is 1. The quantitative estimate of drug-likeness (QED) is 0.805. The zero-order valence-corrected chi connectivity index (χ0v) is 12.0. The zero-order chi connectivity index (χ0) is 15.3. The largest absolute Gasteiger partial charge is 0.383 e. The van der Waals surface area contributed by atoms with Gasteiger partial charge in [0, 0.05) is 12.7 Å². The minimum absolute atomic E-state index is 0.0185. The van der Waals surface area contributed by atoms with Crippen molar-refractivity contribution < 1.29 is 22.3 Å². The molecular weight excluding hydrogens is 287 g/mol. The molecule has 20 heavy (non-hydrogen) atoms. The Morgan fingerprint density at radius 3 is 2.65 bits per heavy atom. The zero-order valence-electron chi connectivity index (χ0n) is 11.2. The van der Waals surface area contributed by atoms with Crippen LogP contribution in [0.1, 0.15) is 23.7 Å². The molecule has 1 unspecified atom stereocenters. The van der Waals surface area contributed by atoms with Crippen LogP contribution < -0.4 is 10.5 Å². The normalized spacial score (nSPS) is 13.0. The maximum atomic E-state index is 13.4. The van der Waals surface area contributed by atoms with E-state index in [-0.39, 0.29) is 11.6 Å². The average molecular weight is 304 g/mol. The minimum atomic E-state index is -4.21. The minimum Gasteiger partial charge on any atom is -0.383 e. The van der Waals surface area contributed by atoms with E-state index < -0.39 is 26.6 Å². The summed E-state index contributed by atoms with van der Waals surface area (Å²) < 4.78 is 40.7. The molecule has 8 heteroatoms. The van der Waals surface area contributed by atoms with Crippen molar-refractivity contribution >= 4 is 15.9 Å². The van der Waals surface area contributed by atoms with Crippen molar-refractivity contribution in [2.45, 2.75) is 24.3 Å². The summed E-state index contributed by atoms with van der Waals surface area (Å²) in [7, 11) is -2.71. The van der Waals surface area contributed by atoms with Gasteiger partial charge in [0.25, 0.3) is 5.91 Å². The van der Waals surface area contributed by atoms with E-state index in [0.717, 1.165) is 12.1 Å². The first kappa shape index (κ1) is 16.5. The van der Waals surface area contributed by atoms with Gasteiger partial charge >= 0.3 is 0 Å². The smallest absolute Gasteiger partial charge is 0.251 e. The number of primary sulfonamides is 1. The van der Waals surface area contributed by atoms with Crippen molar-refractivity contribution in [2.75, 3.05) is 13.7 Å². The van der Waals surface area contributed by atoms with Crippen molar-refractivity contribution in [1.29, 1.82) is 0 Å². The summed E-state index contributed by atoms with van der Waals surface area (Å²) in [6, 6.07) is 2.79. The summed E-state index contributed by atoms with van der Waals surface area (Å²) in [5.74, 6) is -1.51. The van der Waals surface area contributed by atoms with Crippen molar-refractivity contribution in [3.8, 4) is 0 Å². The predicted octanol–water partition coefficient (Wildman–Crippen LogP) is 0.628. The number of sulfonamides is 1. The molecule has 0 heterocycles. The second-order valence-electron chi connectivity index (χ2n) is 4.22. The van der Waals surface area contributed by atoms with Crippen molar-refractivity contribution in [3.63, 3.8) is 0 Å². The molecule has 0 aliphatic carbocycles. The van der Waals surface area contributed by atoms with E-state index in [9.17, 15) is 17.6 Å². The number of rotatable bonds is 6. The van der Waals surface area contributed by atoms with Crippen LogP contribution in [-0.4, -0.2) is 34.1 Å². The highest BCUT2D eigenvalue weighted by Crippen LogP contribution is 2.15. The summed E-state index contributed by atoms with van der Waals surface area (Å²) >= 11 is 0. The Kier molecular flexibility index (Phi) is 5.61. The summed E-state index contributed by atoms with van der Waals surface area (Å²) in [4.78, 5) is 11.3. The maximum Gasteiger partial charge on any atom is 0.251 e. The number of carbonyl (C=O) groups excluding carboxylic acids is 1. The van der Waals surface area contributed by atoms with Gasteiger partial charge in [-0.25, -0.2) is 17.9 Å². The third-order valence-corrected chi connectivity index (χ3v) is 3.62. The van der Waals surface area contributed by atoms with Gasteiger partial charge in [-0.05, 0) is 24.6 Å². The fourth-order valence-corrected chi connectivity index (χ4v) is 2.23. The number of methoxy groups -OCH3 is 1. The monoisotopic (exact) mass is 304 g/mol. The SMILES string of the molecule is CCC(COC)NC(=O)c1ccc(F)c(S(N)(=O)=O)c1. The molecule has 0 fully saturated rings. The van der Waals surface area contributed by atoms with Crippen molar-refractivity contribution in [3.05, 3.63) is 29.6 Å². The van der Waals surface area contributed by atoms with E-state index in [2.05, 4.69) is 5.32 Å². The number of benzene rings is 1. The molecule has 112 valence electrons. The van der Waals surface area contributed by atoms with Gasteiger partial charge in [-0.1, -0.05) is 6.92 Å². The molecule has 6 nitrogen and oxygen atoms in total. The fraction of sp³-hybridized carbons (Fsp3) is 0.417. The van der Waals surface area contributed by atoms with Gasteiger partial charge in [-0.15, -0.1) is 0 Å². The maximum absolute atomic E-state index is 13.4. The summed E-state index contributed by atoms with van der Waals surface area (Å²) in [5.41, 5.74) is 0.0185. The van der Waals surface area contributed by atoms with Crippen LogP contribution >= 0.6 is 0 Å². The Balaban J connectivity index is 3.00. The van der Waals surface area contributed by atoms with Gasteiger partial charge in [0.15, 0.2) is 0 Å². The molecule has 0 radical (unpaired) electrons. The first-order valence-electron chi connectivity index (χ1n) is 5.91. The molecule has 1 aromatic rings. The van der Waals surface area contributed by atoms with Crippen LogP contribution in [-0.2, 0) is 14.8 Å². The van der Waals surface area contributed by atoms with E-state index in [1.807, 2.05) is 6.92 Å². The number of nitrogens with one attached hydrogen (secondary N) is 1. The lowest BCUT2D eigenvalue weighted by Gasteiger charge is -2.16. The van der Waals surface area contributed by atoms with Gasteiger partial charge in [-0.2, -0.15) is 0 Å². The number of hydrogen-bond donors (Lipinski definition) is 2. The van der Waals surface area contributed by atoms with E-state index in [1.54, 1.807) is 0 Å². The lowest BCUT2D eigenvalue weighted by Crippen LogP contribution is -2.37. The summed E-state index contributed by atoms with van der Waals surface area (Å²) in [6.07, 6.45) is 0.642. The number of carbonyl (C=O) groups is 1. The number of nitrogens with two attached hydrogens (primary N) is 1. The second kappa shape index (κ2) is 6.78. The molecule has 1 rings (SSSR count).